The third kappa shape index (κ3) is 3.58. The first-order valence-corrected chi connectivity index (χ1v) is 6.56. The fourth-order valence-electron chi connectivity index (χ4n) is 2.44. The lowest BCUT2D eigenvalue weighted by molar-refractivity contribution is 0.241. The number of methoxy groups -OCH3 is 1. The Morgan fingerprint density at radius 2 is 2.32 bits per heavy atom. The maximum Gasteiger partial charge on any atom is 0.167 e. The molecule has 1 aromatic rings. The van der Waals surface area contributed by atoms with Gasteiger partial charge in [0.15, 0.2) is 11.6 Å². The highest BCUT2D eigenvalue weighted by Gasteiger charge is 2.18. The topological polar surface area (TPSA) is 27.7 Å². The summed E-state index contributed by atoms with van der Waals surface area (Å²) in [7, 11) is 5.59. The predicted octanol–water partition coefficient (Wildman–Crippen LogP) is 1.17. The van der Waals surface area contributed by atoms with E-state index in [1.165, 1.54) is 13.2 Å². The van der Waals surface area contributed by atoms with E-state index in [1.807, 2.05) is 13.1 Å². The molecule has 1 saturated heterocycles. The molecule has 2 rings (SSSR count). The van der Waals surface area contributed by atoms with Gasteiger partial charge in [-0.3, -0.25) is 0 Å². The Balaban J connectivity index is 1.99. The summed E-state index contributed by atoms with van der Waals surface area (Å²) < 4.78 is 18.6. The standard InChI is InChI=1S/C14H22FN3O/c1-17-7-6-16-11(9-17)10-18(2)12-4-5-14(19-3)13(15)8-12/h4-5,8,11,16H,6-7,9-10H2,1-3H3. The predicted molar refractivity (Wildman–Crippen MR) is 75.5 cm³/mol. The molecule has 1 N–H and O–H groups in total. The Morgan fingerprint density at radius 3 is 2.95 bits per heavy atom. The largest absolute Gasteiger partial charge is 0.494 e. The van der Waals surface area contributed by atoms with E-state index in [1.54, 1.807) is 6.07 Å². The van der Waals surface area contributed by atoms with E-state index in [2.05, 4.69) is 22.2 Å². The summed E-state index contributed by atoms with van der Waals surface area (Å²) in [6, 6.07) is 5.48. The van der Waals surface area contributed by atoms with E-state index >= 15 is 0 Å². The molecule has 0 aromatic heterocycles. The zero-order valence-corrected chi connectivity index (χ0v) is 11.8. The van der Waals surface area contributed by atoms with Crippen molar-refractivity contribution >= 4 is 5.69 Å². The van der Waals surface area contributed by atoms with Crippen LogP contribution in [0.5, 0.6) is 5.75 Å². The van der Waals surface area contributed by atoms with Crippen molar-refractivity contribution < 1.29 is 9.13 Å². The highest BCUT2D eigenvalue weighted by atomic mass is 19.1. The van der Waals surface area contributed by atoms with Crippen molar-refractivity contribution in [1.82, 2.24) is 10.2 Å². The van der Waals surface area contributed by atoms with Crippen LogP contribution in [-0.2, 0) is 0 Å². The summed E-state index contributed by atoms with van der Waals surface area (Å²) in [5.41, 5.74) is 0.869. The van der Waals surface area contributed by atoms with Crippen molar-refractivity contribution in [2.45, 2.75) is 6.04 Å². The monoisotopic (exact) mass is 267 g/mol. The fraction of sp³-hybridized carbons (Fsp3) is 0.571. The summed E-state index contributed by atoms with van der Waals surface area (Å²) in [4.78, 5) is 4.38. The number of rotatable bonds is 4. The Bertz CT molecular complexity index is 427. The Kier molecular flexibility index (Phi) is 4.61. The average molecular weight is 267 g/mol. The van der Waals surface area contributed by atoms with Crippen molar-refractivity contribution in [2.24, 2.45) is 0 Å². The number of hydrogen-bond donors (Lipinski definition) is 1. The number of hydrogen-bond acceptors (Lipinski definition) is 4. The van der Waals surface area contributed by atoms with Crippen LogP contribution in [0, 0.1) is 5.82 Å². The van der Waals surface area contributed by atoms with Crippen molar-refractivity contribution in [2.75, 3.05) is 52.3 Å². The molecule has 0 spiro atoms. The summed E-state index contributed by atoms with van der Waals surface area (Å²) >= 11 is 0. The van der Waals surface area contributed by atoms with Gasteiger partial charge in [-0.05, 0) is 19.2 Å². The molecule has 1 aliphatic rings. The van der Waals surface area contributed by atoms with Gasteiger partial charge in [-0.25, -0.2) is 4.39 Å². The lowest BCUT2D eigenvalue weighted by Gasteiger charge is -2.34. The van der Waals surface area contributed by atoms with Crippen LogP contribution in [0.1, 0.15) is 0 Å². The molecule has 106 valence electrons. The van der Waals surface area contributed by atoms with Gasteiger partial charge in [0.2, 0.25) is 0 Å². The molecular weight excluding hydrogens is 245 g/mol. The highest BCUT2D eigenvalue weighted by Crippen LogP contribution is 2.22. The molecule has 1 unspecified atom stereocenters. The normalized spacial score (nSPS) is 20.3. The number of piperazine rings is 1. The lowest BCUT2D eigenvalue weighted by atomic mass is 10.2. The third-order valence-electron chi connectivity index (χ3n) is 3.53. The van der Waals surface area contributed by atoms with Crippen LogP contribution in [0.25, 0.3) is 0 Å². The van der Waals surface area contributed by atoms with E-state index in [9.17, 15) is 4.39 Å². The van der Waals surface area contributed by atoms with Gasteiger partial charge in [0.25, 0.3) is 0 Å². The Hall–Kier alpha value is -1.33. The number of anilines is 1. The quantitative estimate of drug-likeness (QED) is 0.886. The van der Waals surface area contributed by atoms with E-state index in [0.717, 1.165) is 31.9 Å². The third-order valence-corrected chi connectivity index (χ3v) is 3.53. The minimum atomic E-state index is -0.319. The number of benzene rings is 1. The Labute approximate surface area is 114 Å². The molecule has 0 aliphatic carbocycles. The zero-order valence-electron chi connectivity index (χ0n) is 11.8. The summed E-state index contributed by atoms with van der Waals surface area (Å²) in [5, 5.41) is 3.49. The first-order chi connectivity index (χ1) is 9.10. The van der Waals surface area contributed by atoms with Gasteiger partial charge in [-0.15, -0.1) is 0 Å². The number of likely N-dealkylation sites (N-methyl/N-ethyl adjacent to an activating group) is 2. The van der Waals surface area contributed by atoms with Crippen LogP contribution < -0.4 is 15.0 Å². The number of ether oxygens (including phenoxy) is 1. The van der Waals surface area contributed by atoms with Crippen LogP contribution in [0.15, 0.2) is 18.2 Å². The molecule has 1 atom stereocenters. The highest BCUT2D eigenvalue weighted by molar-refractivity contribution is 5.49. The molecule has 0 radical (unpaired) electrons. The summed E-state index contributed by atoms with van der Waals surface area (Å²) in [6.45, 7) is 3.96. The average Bonchev–Trinajstić information content (AvgIpc) is 2.38. The molecule has 5 heteroatoms. The smallest absolute Gasteiger partial charge is 0.167 e. The second kappa shape index (κ2) is 6.21. The van der Waals surface area contributed by atoms with Crippen molar-refractivity contribution in [3.05, 3.63) is 24.0 Å². The molecule has 0 amide bonds. The van der Waals surface area contributed by atoms with E-state index < -0.39 is 0 Å². The molecule has 1 heterocycles. The maximum atomic E-state index is 13.7. The zero-order chi connectivity index (χ0) is 13.8. The molecule has 19 heavy (non-hydrogen) atoms. The molecule has 4 nitrogen and oxygen atoms in total. The van der Waals surface area contributed by atoms with E-state index in [-0.39, 0.29) is 11.6 Å². The molecular formula is C14H22FN3O. The van der Waals surface area contributed by atoms with Gasteiger partial charge < -0.3 is 19.9 Å². The second-order valence-corrected chi connectivity index (χ2v) is 5.11. The van der Waals surface area contributed by atoms with Crippen molar-refractivity contribution in [3.63, 3.8) is 0 Å². The number of nitrogens with one attached hydrogen (secondary N) is 1. The first-order valence-electron chi connectivity index (χ1n) is 6.56. The first kappa shape index (κ1) is 14.1. The van der Waals surface area contributed by atoms with Crippen molar-refractivity contribution in [1.29, 1.82) is 0 Å². The number of nitrogens with zero attached hydrogens (tertiary/aromatic N) is 2. The van der Waals surface area contributed by atoms with Gasteiger partial charge >= 0.3 is 0 Å². The molecule has 1 fully saturated rings. The van der Waals surface area contributed by atoms with Gasteiger partial charge in [0.1, 0.15) is 0 Å². The minimum Gasteiger partial charge on any atom is -0.494 e. The molecule has 0 saturated carbocycles. The van der Waals surface area contributed by atoms with Gasteiger partial charge in [0.05, 0.1) is 7.11 Å². The van der Waals surface area contributed by atoms with Gasteiger partial charge in [-0.1, -0.05) is 0 Å². The maximum absolute atomic E-state index is 13.7. The lowest BCUT2D eigenvalue weighted by Crippen LogP contribution is -2.53. The van der Waals surface area contributed by atoms with Crippen LogP contribution in [0.2, 0.25) is 0 Å². The number of halogens is 1. The fourth-order valence-corrected chi connectivity index (χ4v) is 2.44. The van der Waals surface area contributed by atoms with E-state index in [0.29, 0.717) is 6.04 Å². The minimum absolute atomic E-state index is 0.285. The Morgan fingerprint density at radius 1 is 1.53 bits per heavy atom. The van der Waals surface area contributed by atoms with Crippen LogP contribution >= 0.6 is 0 Å². The molecule has 1 aliphatic heterocycles. The van der Waals surface area contributed by atoms with Gasteiger partial charge in [-0.2, -0.15) is 0 Å². The summed E-state index contributed by atoms with van der Waals surface area (Å²) in [6.07, 6.45) is 0. The van der Waals surface area contributed by atoms with Crippen LogP contribution in [-0.4, -0.2) is 58.3 Å². The van der Waals surface area contributed by atoms with Crippen molar-refractivity contribution in [3.8, 4) is 5.75 Å². The van der Waals surface area contributed by atoms with Crippen LogP contribution in [0.4, 0.5) is 10.1 Å². The van der Waals surface area contributed by atoms with E-state index in [4.69, 9.17) is 4.74 Å². The summed E-state index contributed by atoms with van der Waals surface area (Å²) in [5.74, 6) is -0.0340. The molecule has 0 bridgehead atoms. The van der Waals surface area contributed by atoms with Crippen LogP contribution in [0.3, 0.4) is 0 Å². The molecule has 1 aromatic carbocycles. The SMILES string of the molecule is COc1ccc(N(C)CC2CN(C)CCN2)cc1F. The van der Waals surface area contributed by atoms with Gasteiger partial charge in [0, 0.05) is 51.0 Å². The second-order valence-electron chi connectivity index (χ2n) is 5.11.